The number of hydrogen-bond donors (Lipinski definition) is 1. The highest BCUT2D eigenvalue weighted by Crippen LogP contribution is 2.14. The number of aromatic nitrogens is 3. The van der Waals surface area contributed by atoms with Crippen LogP contribution in [0.5, 0.6) is 0 Å². The van der Waals surface area contributed by atoms with E-state index in [-0.39, 0.29) is 24.0 Å². The fourth-order valence-electron chi connectivity index (χ4n) is 2.80. The summed E-state index contributed by atoms with van der Waals surface area (Å²) in [6.07, 6.45) is 5.61. The largest absolute Gasteiger partial charge is 0.352 e. The van der Waals surface area contributed by atoms with Gasteiger partial charge in [0.1, 0.15) is 0 Å². The molecule has 144 valence electrons. The van der Waals surface area contributed by atoms with Crippen molar-refractivity contribution in [3.8, 4) is 5.69 Å². The predicted octanol–water partition coefficient (Wildman–Crippen LogP) is 3.69. The average Bonchev–Trinajstić information content (AvgIpc) is 3.26. The van der Waals surface area contributed by atoms with E-state index in [1.54, 1.807) is 13.2 Å². The van der Waals surface area contributed by atoms with Crippen molar-refractivity contribution < 1.29 is 0 Å². The first-order valence-corrected chi connectivity index (χ1v) is 8.76. The van der Waals surface area contributed by atoms with Gasteiger partial charge in [0.15, 0.2) is 5.96 Å². The van der Waals surface area contributed by atoms with Gasteiger partial charge in [-0.2, -0.15) is 5.10 Å². The van der Waals surface area contributed by atoms with E-state index in [9.17, 15) is 0 Å². The zero-order valence-corrected chi connectivity index (χ0v) is 18.7. The van der Waals surface area contributed by atoms with Crippen molar-refractivity contribution in [3.05, 3.63) is 71.3 Å². The van der Waals surface area contributed by atoms with Crippen molar-refractivity contribution in [1.82, 2.24) is 24.6 Å². The molecule has 0 saturated carbocycles. The molecule has 1 N–H and O–H groups in total. The minimum absolute atomic E-state index is 0. The molecule has 2 aromatic heterocycles. The van der Waals surface area contributed by atoms with Gasteiger partial charge in [0, 0.05) is 52.0 Å². The molecule has 0 aliphatic heterocycles. The molecule has 1 aromatic carbocycles. The monoisotopic (exact) mass is 498 g/mol. The predicted molar refractivity (Wildman–Crippen MR) is 121 cm³/mol. The summed E-state index contributed by atoms with van der Waals surface area (Å²) < 4.78 is 3.87. The normalized spacial score (nSPS) is 11.2. The molecule has 0 aliphatic carbocycles. The lowest BCUT2D eigenvalue weighted by molar-refractivity contribution is 0.461. The Morgan fingerprint density at radius 3 is 2.59 bits per heavy atom. The number of guanidine groups is 1. The minimum Gasteiger partial charge on any atom is -0.352 e. The van der Waals surface area contributed by atoms with Gasteiger partial charge in [-0.25, -0.2) is 4.68 Å². The van der Waals surface area contributed by atoms with Crippen LogP contribution >= 0.6 is 35.6 Å². The van der Waals surface area contributed by atoms with E-state index >= 15 is 0 Å². The fraction of sp³-hybridized carbons (Fsp3) is 0.263. The van der Waals surface area contributed by atoms with Crippen LogP contribution in [-0.4, -0.2) is 39.3 Å². The first-order chi connectivity index (χ1) is 12.6. The molecule has 0 spiro atoms. The number of aliphatic imine (C=N–C) groups is 1. The summed E-state index contributed by atoms with van der Waals surface area (Å²) in [5.41, 5.74) is 3.35. The van der Waals surface area contributed by atoms with Gasteiger partial charge < -0.3 is 14.8 Å². The highest BCUT2D eigenvalue weighted by molar-refractivity contribution is 14.0. The van der Waals surface area contributed by atoms with E-state index in [4.69, 9.17) is 11.6 Å². The lowest BCUT2D eigenvalue weighted by Gasteiger charge is -2.22. The van der Waals surface area contributed by atoms with E-state index in [0.29, 0.717) is 6.54 Å². The molecule has 0 bridgehead atoms. The molecule has 0 radical (unpaired) electrons. The summed E-state index contributed by atoms with van der Waals surface area (Å²) in [4.78, 5) is 6.44. The number of benzene rings is 1. The first kappa shape index (κ1) is 21.3. The number of rotatable bonds is 5. The highest BCUT2D eigenvalue weighted by atomic mass is 127. The summed E-state index contributed by atoms with van der Waals surface area (Å²) in [6, 6.07) is 12.2. The van der Waals surface area contributed by atoms with Gasteiger partial charge in [0.2, 0.25) is 0 Å². The van der Waals surface area contributed by atoms with Crippen LogP contribution in [0.2, 0.25) is 5.02 Å². The van der Waals surface area contributed by atoms with Gasteiger partial charge in [0.25, 0.3) is 0 Å². The Labute approximate surface area is 181 Å². The zero-order valence-electron chi connectivity index (χ0n) is 15.6. The van der Waals surface area contributed by atoms with Crippen molar-refractivity contribution in [2.24, 2.45) is 12.0 Å². The molecule has 0 saturated heterocycles. The van der Waals surface area contributed by atoms with Gasteiger partial charge in [-0.3, -0.25) is 4.99 Å². The third kappa shape index (κ3) is 5.49. The van der Waals surface area contributed by atoms with Crippen molar-refractivity contribution >= 4 is 41.5 Å². The van der Waals surface area contributed by atoms with Gasteiger partial charge in [-0.15, -0.1) is 24.0 Å². The Hall–Kier alpha value is -2.00. The topological polar surface area (TPSA) is 50.4 Å². The Bertz CT molecular complexity index is 870. The maximum atomic E-state index is 6.06. The van der Waals surface area contributed by atoms with Crippen molar-refractivity contribution in [2.45, 2.75) is 13.1 Å². The third-order valence-corrected chi connectivity index (χ3v) is 4.41. The second-order valence-corrected chi connectivity index (χ2v) is 6.57. The van der Waals surface area contributed by atoms with Crippen LogP contribution < -0.4 is 5.32 Å². The number of nitrogens with one attached hydrogen (secondary N) is 1. The van der Waals surface area contributed by atoms with E-state index in [2.05, 4.69) is 44.6 Å². The van der Waals surface area contributed by atoms with E-state index in [1.165, 1.54) is 5.56 Å². The van der Waals surface area contributed by atoms with Crippen molar-refractivity contribution in [2.75, 3.05) is 14.1 Å². The van der Waals surface area contributed by atoms with E-state index in [1.807, 2.05) is 47.9 Å². The number of halogens is 2. The highest BCUT2D eigenvalue weighted by Gasteiger charge is 2.09. The standard InChI is InChI=1S/C19H23ClN6.HI/c1-21-19(25(3)14-18-11-16(20)13-24(18)2)22-12-15-5-7-17(8-6-15)26-10-4-9-23-26;/h4-11,13H,12,14H2,1-3H3,(H,21,22);1H. The maximum Gasteiger partial charge on any atom is 0.194 e. The SMILES string of the molecule is CN=C(NCc1ccc(-n2cccn2)cc1)N(C)Cc1cc(Cl)cn1C.I. The summed E-state index contributed by atoms with van der Waals surface area (Å²) in [6.45, 7) is 1.42. The quantitative estimate of drug-likeness (QED) is 0.332. The molecule has 0 fully saturated rings. The zero-order chi connectivity index (χ0) is 18.5. The Kier molecular flexibility index (Phi) is 7.73. The Morgan fingerprint density at radius 2 is 2.04 bits per heavy atom. The van der Waals surface area contributed by atoms with Gasteiger partial charge in [-0.05, 0) is 29.8 Å². The number of nitrogens with zero attached hydrogens (tertiary/aromatic N) is 5. The summed E-state index contributed by atoms with van der Waals surface area (Å²) in [5, 5.41) is 8.38. The van der Waals surface area contributed by atoms with Crippen LogP contribution in [0.4, 0.5) is 0 Å². The molecule has 2 heterocycles. The number of hydrogen-bond acceptors (Lipinski definition) is 2. The second-order valence-electron chi connectivity index (χ2n) is 6.13. The molecule has 3 rings (SSSR count). The minimum atomic E-state index is 0. The lowest BCUT2D eigenvalue weighted by atomic mass is 10.2. The maximum absolute atomic E-state index is 6.06. The average molecular weight is 499 g/mol. The molecule has 0 unspecified atom stereocenters. The van der Waals surface area contributed by atoms with Crippen LogP contribution in [0.3, 0.4) is 0 Å². The van der Waals surface area contributed by atoms with Crippen LogP contribution in [0.1, 0.15) is 11.3 Å². The van der Waals surface area contributed by atoms with E-state index in [0.717, 1.165) is 28.9 Å². The summed E-state index contributed by atoms with van der Waals surface area (Å²) in [7, 11) is 5.79. The second kappa shape index (κ2) is 9.80. The molecule has 0 atom stereocenters. The molecular weight excluding hydrogens is 475 g/mol. The van der Waals surface area contributed by atoms with Crippen molar-refractivity contribution in [1.29, 1.82) is 0 Å². The third-order valence-electron chi connectivity index (χ3n) is 4.20. The fourth-order valence-corrected chi connectivity index (χ4v) is 3.07. The van der Waals surface area contributed by atoms with Crippen LogP contribution in [-0.2, 0) is 20.1 Å². The van der Waals surface area contributed by atoms with Crippen LogP contribution in [0.15, 0.2) is 60.0 Å². The van der Waals surface area contributed by atoms with Gasteiger partial charge >= 0.3 is 0 Å². The smallest absolute Gasteiger partial charge is 0.194 e. The van der Waals surface area contributed by atoms with Crippen LogP contribution in [0, 0.1) is 0 Å². The summed E-state index contributed by atoms with van der Waals surface area (Å²) >= 11 is 6.06. The molecule has 8 heteroatoms. The summed E-state index contributed by atoms with van der Waals surface area (Å²) in [5.74, 6) is 0.832. The molecule has 0 amide bonds. The molecule has 3 aromatic rings. The number of aryl methyl sites for hydroxylation is 1. The Morgan fingerprint density at radius 1 is 1.30 bits per heavy atom. The van der Waals surface area contributed by atoms with Gasteiger partial charge in [-0.1, -0.05) is 23.7 Å². The molecule has 27 heavy (non-hydrogen) atoms. The van der Waals surface area contributed by atoms with Crippen molar-refractivity contribution in [3.63, 3.8) is 0 Å². The lowest BCUT2D eigenvalue weighted by Crippen LogP contribution is -2.38. The van der Waals surface area contributed by atoms with Gasteiger partial charge in [0.05, 0.1) is 17.3 Å². The Balaban J connectivity index is 0.00000261. The van der Waals surface area contributed by atoms with E-state index < -0.39 is 0 Å². The molecule has 6 nitrogen and oxygen atoms in total. The molecule has 0 aliphatic rings. The molecular formula is C19H24ClIN6. The van der Waals surface area contributed by atoms with Crippen LogP contribution in [0.25, 0.3) is 5.69 Å². The first-order valence-electron chi connectivity index (χ1n) is 8.38.